The Balaban J connectivity index is 1.84. The second-order valence-corrected chi connectivity index (χ2v) is 4.95. The number of aryl methyl sites for hydroxylation is 1. The van der Waals surface area contributed by atoms with E-state index in [0.717, 1.165) is 29.1 Å². The van der Waals surface area contributed by atoms with Crippen LogP contribution in [0.25, 0.3) is 22.5 Å². The molecule has 1 N–H and O–H groups in total. The minimum absolute atomic E-state index is 0.635. The third-order valence-electron chi connectivity index (χ3n) is 3.66. The van der Waals surface area contributed by atoms with E-state index in [9.17, 15) is 0 Å². The molecule has 1 aliphatic rings. The smallest absolute Gasteiger partial charge is 0.204 e. The van der Waals surface area contributed by atoms with E-state index in [1.165, 1.54) is 15.9 Å². The fourth-order valence-electron chi connectivity index (χ4n) is 2.73. The minimum Gasteiger partial charge on any atom is -0.373 e. The highest BCUT2D eigenvalue weighted by atomic mass is 15.6. The van der Waals surface area contributed by atoms with Gasteiger partial charge in [-0.15, -0.1) is 10.2 Å². The number of rotatable bonds is 2. The molecule has 2 aromatic heterocycles. The minimum atomic E-state index is 0.635. The van der Waals surface area contributed by atoms with Crippen molar-refractivity contribution in [1.82, 2.24) is 30.2 Å². The van der Waals surface area contributed by atoms with Gasteiger partial charge >= 0.3 is 0 Å². The first-order valence-electron chi connectivity index (χ1n) is 6.65. The second kappa shape index (κ2) is 4.34. The number of hydrogen-bond acceptors (Lipinski definition) is 6. The lowest BCUT2D eigenvalue weighted by atomic mass is 10.0. The fraction of sp³-hybridized carbons (Fsp3) is 0.214. The van der Waals surface area contributed by atoms with Crippen LogP contribution in [-0.4, -0.2) is 37.2 Å². The Morgan fingerprint density at radius 2 is 2.14 bits per heavy atom. The number of hydrogen-bond donors (Lipinski definition) is 1. The molecule has 0 saturated heterocycles. The Morgan fingerprint density at radius 1 is 1.24 bits per heavy atom. The molecule has 0 fully saturated rings. The standard InChI is InChI=1S/C14H13N7/c1-15-14-12-10-4-3-8(13-18-20-21(2)19-13)5-9(10)6-11(12)16-7-17-14/h3-5,7H,6H2,1-2H3,(H,15,16,17). The zero-order chi connectivity index (χ0) is 14.4. The van der Waals surface area contributed by atoms with Gasteiger partial charge in [0.25, 0.3) is 0 Å². The van der Waals surface area contributed by atoms with Gasteiger partial charge in [-0.1, -0.05) is 12.1 Å². The number of fused-ring (bicyclic) bond motifs is 3. The molecule has 1 aliphatic carbocycles. The number of nitrogens with one attached hydrogen (secondary N) is 1. The zero-order valence-corrected chi connectivity index (χ0v) is 11.7. The van der Waals surface area contributed by atoms with E-state index in [-0.39, 0.29) is 0 Å². The van der Waals surface area contributed by atoms with Crippen molar-refractivity contribution in [3.8, 4) is 22.5 Å². The van der Waals surface area contributed by atoms with E-state index in [0.29, 0.717) is 5.82 Å². The molecule has 2 heterocycles. The summed E-state index contributed by atoms with van der Waals surface area (Å²) in [5.41, 5.74) is 5.49. The van der Waals surface area contributed by atoms with Crippen molar-refractivity contribution in [2.24, 2.45) is 7.05 Å². The van der Waals surface area contributed by atoms with E-state index in [1.54, 1.807) is 13.4 Å². The van der Waals surface area contributed by atoms with Crippen molar-refractivity contribution in [3.05, 3.63) is 35.8 Å². The van der Waals surface area contributed by atoms with Gasteiger partial charge in [-0.3, -0.25) is 0 Å². The van der Waals surface area contributed by atoms with Crippen molar-refractivity contribution in [1.29, 1.82) is 0 Å². The number of nitrogens with zero attached hydrogens (tertiary/aromatic N) is 6. The molecule has 7 nitrogen and oxygen atoms in total. The molecule has 0 bridgehead atoms. The summed E-state index contributed by atoms with van der Waals surface area (Å²) in [7, 11) is 3.63. The predicted octanol–water partition coefficient (Wildman–Crippen LogP) is 1.28. The van der Waals surface area contributed by atoms with Crippen LogP contribution in [0, 0.1) is 0 Å². The first kappa shape index (κ1) is 12.0. The summed E-state index contributed by atoms with van der Waals surface area (Å²) >= 11 is 0. The van der Waals surface area contributed by atoms with Gasteiger partial charge in [0.05, 0.1) is 12.7 Å². The van der Waals surface area contributed by atoms with Gasteiger partial charge in [0.2, 0.25) is 5.82 Å². The molecule has 0 amide bonds. The van der Waals surface area contributed by atoms with Crippen LogP contribution in [0.4, 0.5) is 5.82 Å². The molecular weight excluding hydrogens is 266 g/mol. The third-order valence-corrected chi connectivity index (χ3v) is 3.66. The Kier molecular flexibility index (Phi) is 2.47. The average molecular weight is 279 g/mol. The van der Waals surface area contributed by atoms with Crippen LogP contribution in [0.1, 0.15) is 11.3 Å². The first-order valence-corrected chi connectivity index (χ1v) is 6.65. The van der Waals surface area contributed by atoms with E-state index >= 15 is 0 Å². The lowest BCUT2D eigenvalue weighted by molar-refractivity contribution is 0.630. The van der Waals surface area contributed by atoms with Crippen molar-refractivity contribution in [3.63, 3.8) is 0 Å². The normalized spacial score (nSPS) is 12.1. The highest BCUT2D eigenvalue weighted by molar-refractivity contribution is 5.85. The lowest BCUT2D eigenvalue weighted by Crippen LogP contribution is -1.97. The quantitative estimate of drug-likeness (QED) is 0.595. The molecule has 0 radical (unpaired) electrons. The van der Waals surface area contributed by atoms with Gasteiger partial charge < -0.3 is 5.32 Å². The Hall–Kier alpha value is -2.83. The highest BCUT2D eigenvalue weighted by Gasteiger charge is 2.24. The number of anilines is 1. The van der Waals surface area contributed by atoms with E-state index in [2.05, 4.69) is 42.8 Å². The Labute approximate surface area is 121 Å². The van der Waals surface area contributed by atoms with Crippen molar-refractivity contribution < 1.29 is 0 Å². The molecule has 0 atom stereocenters. The summed E-state index contributed by atoms with van der Waals surface area (Å²) in [6.07, 6.45) is 2.40. The number of benzene rings is 1. The molecule has 0 unspecified atom stereocenters. The van der Waals surface area contributed by atoms with Gasteiger partial charge in [0, 0.05) is 24.6 Å². The van der Waals surface area contributed by atoms with Crippen LogP contribution < -0.4 is 5.32 Å². The summed E-state index contributed by atoms with van der Waals surface area (Å²) in [6, 6.07) is 6.20. The van der Waals surface area contributed by atoms with Crippen LogP contribution >= 0.6 is 0 Å². The molecule has 104 valence electrons. The molecule has 0 aliphatic heterocycles. The zero-order valence-electron chi connectivity index (χ0n) is 11.7. The fourth-order valence-corrected chi connectivity index (χ4v) is 2.73. The van der Waals surface area contributed by atoms with Gasteiger partial charge in [-0.2, -0.15) is 4.80 Å². The molecule has 21 heavy (non-hydrogen) atoms. The van der Waals surface area contributed by atoms with E-state index in [1.807, 2.05) is 13.1 Å². The summed E-state index contributed by atoms with van der Waals surface area (Å²) in [5, 5.41) is 15.3. The molecule has 7 heteroatoms. The molecule has 1 aromatic carbocycles. The second-order valence-electron chi connectivity index (χ2n) is 4.95. The summed E-state index contributed by atoms with van der Waals surface area (Å²) in [6.45, 7) is 0. The van der Waals surface area contributed by atoms with Crippen molar-refractivity contribution in [2.75, 3.05) is 12.4 Å². The largest absolute Gasteiger partial charge is 0.373 e. The Bertz CT molecular complexity index is 837. The van der Waals surface area contributed by atoms with Crippen LogP contribution in [-0.2, 0) is 13.5 Å². The number of aromatic nitrogens is 6. The SMILES string of the molecule is CNc1ncnc2c1-c1ccc(-c3nnn(C)n3)cc1C2. The summed E-state index contributed by atoms with van der Waals surface area (Å²) < 4.78 is 0. The van der Waals surface area contributed by atoms with Gasteiger partial charge in [-0.25, -0.2) is 9.97 Å². The topological polar surface area (TPSA) is 81.4 Å². The van der Waals surface area contributed by atoms with Gasteiger partial charge in [0.1, 0.15) is 12.1 Å². The van der Waals surface area contributed by atoms with Crippen molar-refractivity contribution in [2.45, 2.75) is 6.42 Å². The molecular formula is C14H13N7. The van der Waals surface area contributed by atoms with Gasteiger partial charge in [0.15, 0.2) is 0 Å². The third kappa shape index (κ3) is 1.78. The lowest BCUT2D eigenvalue weighted by Gasteiger charge is -2.06. The maximum Gasteiger partial charge on any atom is 0.204 e. The predicted molar refractivity (Wildman–Crippen MR) is 77.6 cm³/mol. The van der Waals surface area contributed by atoms with Crippen LogP contribution in [0.15, 0.2) is 24.5 Å². The van der Waals surface area contributed by atoms with Crippen molar-refractivity contribution >= 4 is 5.82 Å². The maximum absolute atomic E-state index is 4.39. The summed E-state index contributed by atoms with van der Waals surface area (Å²) in [5.74, 6) is 1.50. The molecule has 0 spiro atoms. The highest BCUT2D eigenvalue weighted by Crippen LogP contribution is 2.40. The maximum atomic E-state index is 4.39. The molecule has 4 rings (SSSR count). The van der Waals surface area contributed by atoms with Gasteiger partial charge in [-0.05, 0) is 22.4 Å². The average Bonchev–Trinajstić information content (AvgIpc) is 3.09. The summed E-state index contributed by atoms with van der Waals surface area (Å²) in [4.78, 5) is 10.1. The van der Waals surface area contributed by atoms with Crippen LogP contribution in [0.3, 0.4) is 0 Å². The first-order chi connectivity index (χ1) is 10.3. The molecule has 0 saturated carbocycles. The van der Waals surface area contributed by atoms with Crippen LogP contribution in [0.2, 0.25) is 0 Å². The number of tetrazole rings is 1. The van der Waals surface area contributed by atoms with E-state index < -0.39 is 0 Å². The monoisotopic (exact) mass is 279 g/mol. The van der Waals surface area contributed by atoms with Crippen LogP contribution in [0.5, 0.6) is 0 Å². The Morgan fingerprint density at radius 3 is 2.90 bits per heavy atom. The molecule has 3 aromatic rings. The van der Waals surface area contributed by atoms with E-state index in [4.69, 9.17) is 0 Å².